The molecule has 130 valence electrons. The van der Waals surface area contributed by atoms with E-state index in [1.54, 1.807) is 30.3 Å². The average Bonchev–Trinajstić information content (AvgIpc) is 2.60. The van der Waals surface area contributed by atoms with Crippen LogP contribution in [0.4, 0.5) is 8.78 Å². The van der Waals surface area contributed by atoms with E-state index >= 15 is 0 Å². The number of hydrogen-bond donors (Lipinski definition) is 1. The van der Waals surface area contributed by atoms with Gasteiger partial charge in [0, 0.05) is 18.7 Å². The lowest BCUT2D eigenvalue weighted by Crippen LogP contribution is -2.34. The largest absolute Gasteiger partial charge is 0.496 e. The summed E-state index contributed by atoms with van der Waals surface area (Å²) in [4.78, 5) is 13.7. The first-order chi connectivity index (χ1) is 12.0. The first-order valence-electron chi connectivity index (χ1n) is 7.43. The zero-order valence-corrected chi connectivity index (χ0v) is 13.5. The van der Waals surface area contributed by atoms with E-state index in [1.807, 2.05) is 0 Å². The number of nitrogens with zero attached hydrogens (tertiary/aromatic N) is 2. The molecule has 0 aromatic heterocycles. The van der Waals surface area contributed by atoms with Gasteiger partial charge < -0.3 is 14.7 Å². The van der Waals surface area contributed by atoms with Gasteiger partial charge >= 0.3 is 0 Å². The maximum atomic E-state index is 14.1. The lowest BCUT2D eigenvalue weighted by atomic mass is 10.1. The van der Waals surface area contributed by atoms with Crippen LogP contribution in [0.1, 0.15) is 21.5 Å². The number of nitriles is 1. The standard InChI is InChI=1S/C18H16F2N2O3/c1-25-16-5-3-2-4-13(16)11-22(6-7-23)18(24)17-14(19)8-12(10-21)9-15(17)20/h2-5,8-9,23H,6-7,11H2,1H3. The Morgan fingerprint density at radius 3 is 2.48 bits per heavy atom. The molecule has 0 saturated carbocycles. The number of aliphatic hydroxyl groups excluding tert-OH is 1. The van der Waals surface area contributed by atoms with Crippen molar-refractivity contribution < 1.29 is 23.4 Å². The molecule has 0 radical (unpaired) electrons. The summed E-state index contributed by atoms with van der Waals surface area (Å²) in [5.74, 6) is -2.65. The maximum absolute atomic E-state index is 14.1. The van der Waals surface area contributed by atoms with Crippen molar-refractivity contribution in [1.82, 2.24) is 4.90 Å². The van der Waals surface area contributed by atoms with Crippen LogP contribution >= 0.6 is 0 Å². The van der Waals surface area contributed by atoms with Crippen LogP contribution in [0, 0.1) is 23.0 Å². The quantitative estimate of drug-likeness (QED) is 0.872. The molecule has 0 spiro atoms. The van der Waals surface area contributed by atoms with Crippen LogP contribution in [0.25, 0.3) is 0 Å². The van der Waals surface area contributed by atoms with Crippen molar-refractivity contribution in [1.29, 1.82) is 5.26 Å². The number of amides is 1. The fourth-order valence-electron chi connectivity index (χ4n) is 2.41. The number of benzene rings is 2. The minimum atomic E-state index is -1.12. The van der Waals surface area contributed by atoms with Gasteiger partial charge in [-0.05, 0) is 18.2 Å². The van der Waals surface area contributed by atoms with Gasteiger partial charge in [-0.2, -0.15) is 5.26 Å². The Balaban J connectivity index is 2.38. The predicted octanol–water partition coefficient (Wildman–Crippen LogP) is 2.48. The molecule has 0 aliphatic heterocycles. The Kier molecular flexibility index (Phi) is 6.03. The summed E-state index contributed by atoms with van der Waals surface area (Å²) in [5, 5.41) is 17.9. The topological polar surface area (TPSA) is 73.6 Å². The van der Waals surface area contributed by atoms with Gasteiger partial charge in [-0.25, -0.2) is 8.78 Å². The van der Waals surface area contributed by atoms with Gasteiger partial charge in [-0.1, -0.05) is 18.2 Å². The Hall–Kier alpha value is -2.98. The number of methoxy groups -OCH3 is 1. The van der Waals surface area contributed by atoms with Crippen molar-refractivity contribution in [3.8, 4) is 11.8 Å². The van der Waals surface area contributed by atoms with Crippen LogP contribution in [0.15, 0.2) is 36.4 Å². The highest BCUT2D eigenvalue weighted by atomic mass is 19.1. The molecule has 0 unspecified atom stereocenters. The summed E-state index contributed by atoms with van der Waals surface area (Å²) >= 11 is 0. The second-order valence-corrected chi connectivity index (χ2v) is 5.19. The Morgan fingerprint density at radius 2 is 1.92 bits per heavy atom. The minimum Gasteiger partial charge on any atom is -0.496 e. The summed E-state index contributed by atoms with van der Waals surface area (Å²) in [6.45, 7) is -0.488. The van der Waals surface area contributed by atoms with Crippen LogP contribution in [0.5, 0.6) is 5.75 Å². The molecule has 0 bridgehead atoms. The highest BCUT2D eigenvalue weighted by Crippen LogP contribution is 2.22. The Bertz CT molecular complexity index is 795. The Labute approximate surface area is 143 Å². The summed E-state index contributed by atoms with van der Waals surface area (Å²) < 4.78 is 33.4. The number of carbonyl (C=O) groups is 1. The summed E-state index contributed by atoms with van der Waals surface area (Å²) in [5.41, 5.74) is -0.353. The van der Waals surface area contributed by atoms with Gasteiger partial charge in [0.05, 0.1) is 25.3 Å². The SMILES string of the molecule is COc1ccccc1CN(CCO)C(=O)c1c(F)cc(C#N)cc1F. The molecule has 0 aliphatic rings. The average molecular weight is 346 g/mol. The van der Waals surface area contributed by atoms with Gasteiger partial charge in [0.25, 0.3) is 5.91 Å². The van der Waals surface area contributed by atoms with Gasteiger partial charge in [-0.15, -0.1) is 0 Å². The monoisotopic (exact) mass is 346 g/mol. The van der Waals surface area contributed by atoms with E-state index in [4.69, 9.17) is 10.00 Å². The van der Waals surface area contributed by atoms with E-state index in [9.17, 15) is 18.7 Å². The molecular weight excluding hydrogens is 330 g/mol. The number of hydrogen-bond acceptors (Lipinski definition) is 4. The van der Waals surface area contributed by atoms with Crippen LogP contribution in [-0.2, 0) is 6.54 Å². The molecule has 0 saturated heterocycles. The second kappa shape index (κ2) is 8.22. The van der Waals surface area contributed by atoms with Gasteiger partial charge in [0.1, 0.15) is 22.9 Å². The maximum Gasteiger partial charge on any atom is 0.260 e. The molecule has 2 rings (SSSR count). The van der Waals surface area contributed by atoms with E-state index in [1.165, 1.54) is 7.11 Å². The molecule has 1 amide bonds. The molecule has 7 heteroatoms. The van der Waals surface area contributed by atoms with Crippen LogP contribution in [-0.4, -0.2) is 36.2 Å². The van der Waals surface area contributed by atoms with E-state index in [2.05, 4.69) is 0 Å². The molecule has 2 aromatic carbocycles. The van der Waals surface area contributed by atoms with Crippen molar-refractivity contribution in [2.45, 2.75) is 6.54 Å². The van der Waals surface area contributed by atoms with Crippen molar-refractivity contribution >= 4 is 5.91 Å². The van der Waals surface area contributed by atoms with Crippen molar-refractivity contribution in [2.24, 2.45) is 0 Å². The number of aliphatic hydroxyl groups is 1. The van der Waals surface area contributed by atoms with Gasteiger partial charge in [-0.3, -0.25) is 4.79 Å². The van der Waals surface area contributed by atoms with Crippen LogP contribution in [0.2, 0.25) is 0 Å². The van der Waals surface area contributed by atoms with Crippen LogP contribution < -0.4 is 4.74 Å². The highest BCUT2D eigenvalue weighted by molar-refractivity contribution is 5.95. The molecule has 25 heavy (non-hydrogen) atoms. The van der Waals surface area contributed by atoms with Crippen molar-refractivity contribution in [2.75, 3.05) is 20.3 Å². The molecular formula is C18H16F2N2O3. The smallest absolute Gasteiger partial charge is 0.260 e. The molecule has 0 aliphatic carbocycles. The second-order valence-electron chi connectivity index (χ2n) is 5.19. The van der Waals surface area contributed by atoms with Gasteiger partial charge in [0.15, 0.2) is 0 Å². The molecule has 2 aromatic rings. The van der Waals surface area contributed by atoms with Gasteiger partial charge in [0.2, 0.25) is 0 Å². The number of para-hydroxylation sites is 1. The zero-order chi connectivity index (χ0) is 18.4. The number of carbonyl (C=O) groups excluding carboxylic acids is 1. The highest BCUT2D eigenvalue weighted by Gasteiger charge is 2.24. The number of rotatable bonds is 6. The lowest BCUT2D eigenvalue weighted by Gasteiger charge is -2.23. The third-order valence-electron chi connectivity index (χ3n) is 3.60. The fourth-order valence-corrected chi connectivity index (χ4v) is 2.41. The van der Waals surface area contributed by atoms with E-state index in [-0.39, 0.29) is 25.3 Å². The molecule has 0 heterocycles. The zero-order valence-electron chi connectivity index (χ0n) is 13.5. The molecule has 1 N–H and O–H groups in total. The first kappa shape index (κ1) is 18.4. The Morgan fingerprint density at radius 1 is 1.28 bits per heavy atom. The van der Waals surface area contributed by atoms with E-state index in [0.29, 0.717) is 11.3 Å². The molecule has 0 atom stereocenters. The van der Waals surface area contributed by atoms with Crippen molar-refractivity contribution in [3.05, 3.63) is 64.7 Å². The molecule has 5 nitrogen and oxygen atoms in total. The predicted molar refractivity (Wildman–Crippen MR) is 85.9 cm³/mol. The third-order valence-corrected chi connectivity index (χ3v) is 3.60. The summed E-state index contributed by atoms with van der Waals surface area (Å²) in [6, 6.07) is 10.1. The lowest BCUT2D eigenvalue weighted by molar-refractivity contribution is 0.0696. The number of ether oxygens (including phenoxy) is 1. The summed E-state index contributed by atoms with van der Waals surface area (Å²) in [6.07, 6.45) is 0. The first-order valence-corrected chi connectivity index (χ1v) is 7.43. The number of halogens is 2. The summed E-state index contributed by atoms with van der Waals surface area (Å²) in [7, 11) is 1.47. The normalized spacial score (nSPS) is 10.2. The van der Waals surface area contributed by atoms with Crippen molar-refractivity contribution in [3.63, 3.8) is 0 Å². The fraction of sp³-hybridized carbons (Fsp3) is 0.222. The van der Waals surface area contributed by atoms with E-state index < -0.39 is 23.1 Å². The van der Waals surface area contributed by atoms with E-state index in [0.717, 1.165) is 17.0 Å². The molecule has 0 fully saturated rings. The minimum absolute atomic E-state index is 0.00227. The third kappa shape index (κ3) is 4.11. The van der Waals surface area contributed by atoms with Crippen LogP contribution in [0.3, 0.4) is 0 Å².